The normalized spacial score (nSPS) is 12.5. The Balaban J connectivity index is 1.59. The first-order valence-electron chi connectivity index (χ1n) is 10.7. The van der Waals surface area contributed by atoms with E-state index in [1.54, 1.807) is 69.3 Å². The molecule has 33 heavy (non-hydrogen) atoms. The molecule has 3 aromatic rings. The number of hydrogen-bond donors (Lipinski definition) is 1. The number of aryl methyl sites for hydroxylation is 1. The van der Waals surface area contributed by atoms with Crippen LogP contribution in [0.4, 0.5) is 0 Å². The van der Waals surface area contributed by atoms with Gasteiger partial charge in [0.25, 0.3) is 5.91 Å². The lowest BCUT2D eigenvalue weighted by Gasteiger charge is -2.19. The van der Waals surface area contributed by atoms with Crippen LogP contribution in [0.15, 0.2) is 57.9 Å². The van der Waals surface area contributed by atoms with E-state index in [0.29, 0.717) is 36.1 Å². The number of aromatic nitrogens is 2. The van der Waals surface area contributed by atoms with Gasteiger partial charge in [0.05, 0.1) is 10.9 Å². The molecule has 0 fully saturated rings. The minimum absolute atomic E-state index is 0.167. The third-order valence-corrected chi connectivity index (χ3v) is 7.19. The second-order valence-corrected chi connectivity index (χ2v) is 9.33. The molecule has 176 valence electrons. The molecule has 1 heterocycles. The van der Waals surface area contributed by atoms with Crippen LogP contribution in [-0.4, -0.2) is 41.9 Å². The van der Waals surface area contributed by atoms with Crippen LogP contribution in [0.1, 0.15) is 54.4 Å². The summed E-state index contributed by atoms with van der Waals surface area (Å²) in [5, 5.41) is 6.69. The number of ether oxygens (including phenoxy) is 1. The maximum Gasteiger partial charge on any atom is 0.251 e. The number of hydrogen-bond acceptors (Lipinski definition) is 7. The van der Waals surface area contributed by atoms with E-state index >= 15 is 0 Å². The number of nitrogens with zero attached hydrogens (tertiary/aromatic N) is 3. The predicted molar refractivity (Wildman–Crippen MR) is 122 cm³/mol. The maximum atomic E-state index is 12.6. The second kappa shape index (κ2) is 10.6. The van der Waals surface area contributed by atoms with Crippen LogP contribution in [-0.2, 0) is 16.6 Å². The van der Waals surface area contributed by atoms with Gasteiger partial charge in [0.2, 0.25) is 21.7 Å². The van der Waals surface area contributed by atoms with Crippen molar-refractivity contribution < 1.29 is 22.5 Å². The molecule has 0 saturated carbocycles. The zero-order valence-corrected chi connectivity index (χ0v) is 19.9. The number of nitrogens with one attached hydrogen (secondary N) is 1. The molecule has 10 heteroatoms. The SMILES string of the molecule is CCN(CC)S(=O)(=O)c1ccc(C(C)NC(=O)c2ccc(OCc3noc(C)n3)cc2)cc1. The highest BCUT2D eigenvalue weighted by molar-refractivity contribution is 7.89. The Labute approximate surface area is 193 Å². The molecule has 2 aromatic carbocycles. The fourth-order valence-electron chi connectivity index (χ4n) is 3.25. The maximum absolute atomic E-state index is 12.6. The van der Waals surface area contributed by atoms with Gasteiger partial charge in [-0.1, -0.05) is 31.1 Å². The van der Waals surface area contributed by atoms with Gasteiger partial charge in [-0.3, -0.25) is 4.79 Å². The van der Waals surface area contributed by atoms with E-state index in [1.807, 2.05) is 6.92 Å². The largest absolute Gasteiger partial charge is 0.485 e. The minimum Gasteiger partial charge on any atom is -0.485 e. The first-order valence-corrected chi connectivity index (χ1v) is 12.1. The summed E-state index contributed by atoms with van der Waals surface area (Å²) in [5.74, 6) is 1.24. The van der Waals surface area contributed by atoms with Crippen molar-refractivity contribution in [3.05, 3.63) is 71.4 Å². The predicted octanol–water partition coefficient (Wildman–Crippen LogP) is 3.48. The van der Waals surface area contributed by atoms with Crippen LogP contribution in [0.25, 0.3) is 0 Å². The molecule has 0 bridgehead atoms. The van der Waals surface area contributed by atoms with Gasteiger partial charge in [-0.25, -0.2) is 8.42 Å². The summed E-state index contributed by atoms with van der Waals surface area (Å²) in [7, 11) is -3.51. The van der Waals surface area contributed by atoms with Crippen molar-refractivity contribution in [2.24, 2.45) is 0 Å². The van der Waals surface area contributed by atoms with Crippen molar-refractivity contribution in [3.8, 4) is 5.75 Å². The van der Waals surface area contributed by atoms with E-state index in [4.69, 9.17) is 9.26 Å². The zero-order chi connectivity index (χ0) is 24.0. The topological polar surface area (TPSA) is 115 Å². The molecule has 1 atom stereocenters. The first-order chi connectivity index (χ1) is 15.7. The molecule has 9 nitrogen and oxygen atoms in total. The third-order valence-electron chi connectivity index (χ3n) is 5.12. The monoisotopic (exact) mass is 472 g/mol. The van der Waals surface area contributed by atoms with Crippen molar-refractivity contribution in [2.75, 3.05) is 13.1 Å². The average Bonchev–Trinajstić information content (AvgIpc) is 3.23. The Bertz CT molecular complexity index is 1170. The zero-order valence-electron chi connectivity index (χ0n) is 19.1. The molecule has 0 radical (unpaired) electrons. The van der Waals surface area contributed by atoms with Crippen molar-refractivity contribution in [2.45, 2.75) is 45.2 Å². The summed E-state index contributed by atoms with van der Waals surface area (Å²) in [6.07, 6.45) is 0. The van der Waals surface area contributed by atoms with Gasteiger partial charge in [-0.05, 0) is 48.9 Å². The average molecular weight is 473 g/mol. The Hall–Kier alpha value is -3.24. The summed E-state index contributed by atoms with van der Waals surface area (Å²) < 4.78 is 37.2. The minimum atomic E-state index is -3.51. The number of carbonyl (C=O) groups excluding carboxylic acids is 1. The number of benzene rings is 2. The van der Waals surface area contributed by atoms with Crippen LogP contribution >= 0.6 is 0 Å². The fourth-order valence-corrected chi connectivity index (χ4v) is 4.71. The van der Waals surface area contributed by atoms with Crippen LogP contribution in [0, 0.1) is 6.92 Å². The van der Waals surface area contributed by atoms with E-state index in [1.165, 1.54) is 4.31 Å². The molecular formula is C23H28N4O5S. The molecular weight excluding hydrogens is 444 g/mol. The van der Waals surface area contributed by atoms with E-state index in [0.717, 1.165) is 5.56 Å². The summed E-state index contributed by atoms with van der Waals surface area (Å²) in [5.41, 5.74) is 1.28. The van der Waals surface area contributed by atoms with Crippen LogP contribution < -0.4 is 10.1 Å². The van der Waals surface area contributed by atoms with E-state index in [-0.39, 0.29) is 23.5 Å². The van der Waals surface area contributed by atoms with E-state index in [2.05, 4.69) is 15.5 Å². The lowest BCUT2D eigenvalue weighted by atomic mass is 10.1. The molecule has 1 aromatic heterocycles. The van der Waals surface area contributed by atoms with Crippen LogP contribution in [0.3, 0.4) is 0 Å². The Kier molecular flexibility index (Phi) is 7.83. The Morgan fingerprint density at radius 2 is 1.73 bits per heavy atom. The van der Waals surface area contributed by atoms with Crippen molar-refractivity contribution >= 4 is 15.9 Å². The van der Waals surface area contributed by atoms with Gasteiger partial charge in [0, 0.05) is 25.6 Å². The smallest absolute Gasteiger partial charge is 0.251 e. The highest BCUT2D eigenvalue weighted by Crippen LogP contribution is 2.20. The summed E-state index contributed by atoms with van der Waals surface area (Å²) >= 11 is 0. The van der Waals surface area contributed by atoms with Crippen molar-refractivity contribution in [3.63, 3.8) is 0 Å². The molecule has 1 unspecified atom stereocenters. The molecule has 0 spiro atoms. The summed E-state index contributed by atoms with van der Waals surface area (Å²) in [4.78, 5) is 16.9. The fraction of sp³-hybridized carbons (Fsp3) is 0.348. The van der Waals surface area contributed by atoms with Gasteiger partial charge in [-0.15, -0.1) is 0 Å². The lowest BCUT2D eigenvalue weighted by molar-refractivity contribution is 0.0940. The highest BCUT2D eigenvalue weighted by atomic mass is 32.2. The first kappa shape index (κ1) is 24.4. The lowest BCUT2D eigenvalue weighted by Crippen LogP contribution is -2.30. The molecule has 0 aliphatic heterocycles. The van der Waals surface area contributed by atoms with E-state index < -0.39 is 10.0 Å². The van der Waals surface area contributed by atoms with Gasteiger partial charge >= 0.3 is 0 Å². The Morgan fingerprint density at radius 1 is 1.09 bits per heavy atom. The van der Waals surface area contributed by atoms with Gasteiger partial charge in [0.1, 0.15) is 5.75 Å². The summed E-state index contributed by atoms with van der Waals surface area (Å²) in [6, 6.07) is 13.0. The molecule has 1 N–H and O–H groups in total. The quantitative estimate of drug-likeness (QED) is 0.480. The van der Waals surface area contributed by atoms with Gasteiger partial charge in [0.15, 0.2) is 6.61 Å². The van der Waals surface area contributed by atoms with Crippen molar-refractivity contribution in [1.82, 2.24) is 19.8 Å². The van der Waals surface area contributed by atoms with E-state index in [9.17, 15) is 13.2 Å². The molecule has 0 aliphatic rings. The number of carbonyl (C=O) groups is 1. The molecule has 0 aliphatic carbocycles. The van der Waals surface area contributed by atoms with Gasteiger partial charge < -0.3 is 14.6 Å². The molecule has 1 amide bonds. The van der Waals surface area contributed by atoms with Crippen LogP contribution in [0.2, 0.25) is 0 Å². The number of rotatable bonds is 10. The molecule has 3 rings (SSSR count). The number of amides is 1. The van der Waals surface area contributed by atoms with Crippen LogP contribution in [0.5, 0.6) is 5.75 Å². The third kappa shape index (κ3) is 5.96. The van der Waals surface area contributed by atoms with Crippen molar-refractivity contribution in [1.29, 1.82) is 0 Å². The summed E-state index contributed by atoms with van der Waals surface area (Å²) in [6.45, 7) is 8.14. The highest BCUT2D eigenvalue weighted by Gasteiger charge is 2.21. The Morgan fingerprint density at radius 3 is 2.27 bits per heavy atom. The standard InChI is InChI=1S/C23H28N4O5S/c1-5-27(6-2)33(29,30)21-13-9-18(10-14-21)16(3)24-23(28)19-7-11-20(12-8-19)31-15-22-25-17(4)32-26-22/h7-14,16H,5-6,15H2,1-4H3,(H,24,28). The van der Waals surface area contributed by atoms with Gasteiger partial charge in [-0.2, -0.15) is 9.29 Å². The number of sulfonamides is 1. The second-order valence-electron chi connectivity index (χ2n) is 7.40. The molecule has 0 saturated heterocycles.